The van der Waals surface area contributed by atoms with Gasteiger partial charge >= 0.3 is 0 Å². The summed E-state index contributed by atoms with van der Waals surface area (Å²) in [7, 11) is 1.80. The Kier molecular flexibility index (Phi) is 13.4. The average Bonchev–Trinajstić information content (AvgIpc) is 3.31. The molecule has 31 heavy (non-hydrogen) atoms. The van der Waals surface area contributed by atoms with Crippen LogP contribution in [-0.2, 0) is 32.1 Å². The zero-order chi connectivity index (χ0) is 20.9. The molecule has 0 radical (unpaired) electrons. The van der Waals surface area contributed by atoms with Crippen molar-refractivity contribution >= 4 is 29.9 Å². The Labute approximate surface area is 203 Å². The van der Waals surface area contributed by atoms with Crippen LogP contribution in [0.1, 0.15) is 36.8 Å². The smallest absolute Gasteiger partial charge is 0.191 e. The predicted octanol–water partition coefficient (Wildman–Crippen LogP) is 3.11. The molecule has 8 heteroatoms. The van der Waals surface area contributed by atoms with Crippen LogP contribution < -0.4 is 10.6 Å². The van der Waals surface area contributed by atoms with Gasteiger partial charge in [-0.2, -0.15) is 0 Å². The average molecular weight is 547 g/mol. The third kappa shape index (κ3) is 10.5. The number of hydrogen-bond donors (Lipinski definition) is 2. The Morgan fingerprint density at radius 3 is 2.68 bits per heavy atom. The van der Waals surface area contributed by atoms with Crippen LogP contribution in [0.25, 0.3) is 0 Å². The van der Waals surface area contributed by atoms with Gasteiger partial charge in [0.25, 0.3) is 0 Å². The third-order valence-corrected chi connectivity index (χ3v) is 5.46. The molecule has 176 valence electrons. The van der Waals surface area contributed by atoms with Crippen molar-refractivity contribution in [1.29, 1.82) is 0 Å². The number of nitrogens with one attached hydrogen (secondary N) is 2. The van der Waals surface area contributed by atoms with Crippen LogP contribution in [0.3, 0.4) is 0 Å². The standard InChI is InChI=1S/C23H37N3O4.HI/c1-24-23(25-9-3-10-28-16-21-6-11-29-17-21)26-15-19-4-2-5-20(14-19)18-30-22-7-12-27-13-8-22;/h2,4-5,14,21-22H,3,6-13,15-18H2,1H3,(H2,24,25,26);1H. The van der Waals surface area contributed by atoms with Crippen LogP contribution in [0.15, 0.2) is 29.3 Å². The molecular weight excluding hydrogens is 509 g/mol. The van der Waals surface area contributed by atoms with Gasteiger partial charge in [-0.3, -0.25) is 4.99 Å². The maximum Gasteiger partial charge on any atom is 0.191 e. The number of benzene rings is 1. The monoisotopic (exact) mass is 547 g/mol. The number of guanidine groups is 1. The van der Waals surface area contributed by atoms with Gasteiger partial charge in [0.15, 0.2) is 5.96 Å². The molecule has 2 N–H and O–H groups in total. The maximum atomic E-state index is 6.03. The van der Waals surface area contributed by atoms with Crippen molar-refractivity contribution in [2.24, 2.45) is 10.9 Å². The number of rotatable bonds is 11. The van der Waals surface area contributed by atoms with Gasteiger partial charge in [0.2, 0.25) is 0 Å². The molecule has 0 aromatic heterocycles. The van der Waals surface area contributed by atoms with Gasteiger partial charge in [0.05, 0.1) is 25.9 Å². The second-order valence-electron chi connectivity index (χ2n) is 7.95. The lowest BCUT2D eigenvalue weighted by molar-refractivity contribution is -0.0390. The molecule has 2 fully saturated rings. The highest BCUT2D eigenvalue weighted by Crippen LogP contribution is 2.14. The summed E-state index contributed by atoms with van der Waals surface area (Å²) in [6.45, 7) is 7.12. The molecule has 1 aromatic rings. The number of halogens is 1. The van der Waals surface area contributed by atoms with Crippen molar-refractivity contribution < 1.29 is 18.9 Å². The Hall–Kier alpha value is -0.940. The summed E-state index contributed by atoms with van der Waals surface area (Å²) in [5.74, 6) is 1.38. The predicted molar refractivity (Wildman–Crippen MR) is 133 cm³/mol. The molecule has 3 rings (SSSR count). The molecule has 2 aliphatic heterocycles. The highest BCUT2D eigenvalue weighted by Gasteiger charge is 2.15. The van der Waals surface area contributed by atoms with E-state index in [0.717, 1.165) is 84.4 Å². The zero-order valence-corrected chi connectivity index (χ0v) is 21.0. The van der Waals surface area contributed by atoms with E-state index in [9.17, 15) is 0 Å². The lowest BCUT2D eigenvalue weighted by Gasteiger charge is -2.22. The first-order chi connectivity index (χ1) is 14.8. The van der Waals surface area contributed by atoms with E-state index in [1.165, 1.54) is 11.1 Å². The molecule has 0 bridgehead atoms. The van der Waals surface area contributed by atoms with E-state index in [1.807, 2.05) is 0 Å². The fourth-order valence-electron chi connectivity index (χ4n) is 3.64. The van der Waals surface area contributed by atoms with Gasteiger partial charge in [0, 0.05) is 52.5 Å². The second-order valence-corrected chi connectivity index (χ2v) is 7.95. The van der Waals surface area contributed by atoms with Crippen LogP contribution >= 0.6 is 24.0 Å². The van der Waals surface area contributed by atoms with E-state index < -0.39 is 0 Å². The van der Waals surface area contributed by atoms with Crippen LogP contribution in [0.5, 0.6) is 0 Å². The normalized spacial score (nSPS) is 19.8. The number of aliphatic imine (C=N–C) groups is 1. The van der Waals surface area contributed by atoms with Gasteiger partial charge < -0.3 is 29.6 Å². The van der Waals surface area contributed by atoms with E-state index in [4.69, 9.17) is 18.9 Å². The third-order valence-electron chi connectivity index (χ3n) is 5.46. The molecule has 0 saturated carbocycles. The largest absolute Gasteiger partial charge is 0.381 e. The minimum atomic E-state index is 0. The highest BCUT2D eigenvalue weighted by atomic mass is 127. The Balaban J connectivity index is 0.00000341. The van der Waals surface area contributed by atoms with E-state index in [0.29, 0.717) is 18.6 Å². The zero-order valence-electron chi connectivity index (χ0n) is 18.6. The fraction of sp³-hybridized carbons (Fsp3) is 0.696. The maximum absolute atomic E-state index is 6.03. The van der Waals surface area contributed by atoms with Crippen molar-refractivity contribution in [3.8, 4) is 0 Å². The molecule has 1 aromatic carbocycles. The number of nitrogens with zero attached hydrogens (tertiary/aromatic N) is 1. The second kappa shape index (κ2) is 15.8. The Bertz CT molecular complexity index is 635. The molecule has 2 aliphatic rings. The van der Waals surface area contributed by atoms with Crippen LogP contribution in [0, 0.1) is 5.92 Å². The summed E-state index contributed by atoms with van der Waals surface area (Å²) < 4.78 is 22.5. The van der Waals surface area contributed by atoms with Crippen LogP contribution in [0.2, 0.25) is 0 Å². The van der Waals surface area contributed by atoms with Gasteiger partial charge in [-0.1, -0.05) is 24.3 Å². The minimum absolute atomic E-state index is 0. The molecule has 0 spiro atoms. The molecule has 7 nitrogen and oxygen atoms in total. The minimum Gasteiger partial charge on any atom is -0.381 e. The molecule has 0 aliphatic carbocycles. The van der Waals surface area contributed by atoms with E-state index in [1.54, 1.807) is 7.05 Å². The summed E-state index contributed by atoms with van der Waals surface area (Å²) >= 11 is 0. The SMILES string of the molecule is CN=C(NCCCOCC1CCOC1)NCc1cccc(COC2CCOCC2)c1.I. The summed E-state index contributed by atoms with van der Waals surface area (Å²) in [5.41, 5.74) is 2.42. The summed E-state index contributed by atoms with van der Waals surface area (Å²) in [6.07, 6.45) is 4.37. The molecular formula is C23H38IN3O4. The Morgan fingerprint density at radius 1 is 1.10 bits per heavy atom. The van der Waals surface area contributed by atoms with E-state index >= 15 is 0 Å². The van der Waals surface area contributed by atoms with Crippen molar-refractivity contribution in [1.82, 2.24) is 10.6 Å². The molecule has 2 saturated heterocycles. The van der Waals surface area contributed by atoms with Gasteiger partial charge in [0.1, 0.15) is 0 Å². The molecule has 1 unspecified atom stereocenters. The van der Waals surface area contributed by atoms with Crippen LogP contribution in [0.4, 0.5) is 0 Å². The first-order valence-corrected chi connectivity index (χ1v) is 11.2. The topological polar surface area (TPSA) is 73.3 Å². The quantitative estimate of drug-likeness (QED) is 0.192. The van der Waals surface area contributed by atoms with Crippen molar-refractivity contribution in [2.45, 2.75) is 44.9 Å². The first-order valence-electron chi connectivity index (χ1n) is 11.2. The summed E-state index contributed by atoms with van der Waals surface area (Å²) in [5, 5.41) is 6.73. The highest BCUT2D eigenvalue weighted by molar-refractivity contribution is 14.0. The molecule has 2 heterocycles. The van der Waals surface area contributed by atoms with Gasteiger partial charge in [-0.05, 0) is 36.8 Å². The van der Waals surface area contributed by atoms with Crippen molar-refractivity contribution in [3.63, 3.8) is 0 Å². The van der Waals surface area contributed by atoms with E-state index in [2.05, 4.69) is 39.9 Å². The number of ether oxygens (including phenoxy) is 4. The number of hydrogen-bond acceptors (Lipinski definition) is 5. The summed E-state index contributed by atoms with van der Waals surface area (Å²) in [4.78, 5) is 4.30. The van der Waals surface area contributed by atoms with E-state index in [-0.39, 0.29) is 24.0 Å². The lowest BCUT2D eigenvalue weighted by Crippen LogP contribution is -2.37. The van der Waals surface area contributed by atoms with Gasteiger partial charge in [-0.15, -0.1) is 24.0 Å². The Morgan fingerprint density at radius 2 is 1.90 bits per heavy atom. The summed E-state index contributed by atoms with van der Waals surface area (Å²) in [6, 6.07) is 8.52. The van der Waals surface area contributed by atoms with Gasteiger partial charge in [-0.25, -0.2) is 0 Å². The van der Waals surface area contributed by atoms with Crippen molar-refractivity contribution in [2.75, 3.05) is 53.2 Å². The first kappa shape index (κ1) is 26.3. The fourth-order valence-corrected chi connectivity index (χ4v) is 3.64. The molecule has 0 amide bonds. The molecule has 1 atom stereocenters. The lowest BCUT2D eigenvalue weighted by atomic mass is 10.1. The van der Waals surface area contributed by atoms with Crippen molar-refractivity contribution in [3.05, 3.63) is 35.4 Å². The van der Waals surface area contributed by atoms with Crippen LogP contribution in [-0.4, -0.2) is 65.3 Å².